The summed E-state index contributed by atoms with van der Waals surface area (Å²) in [5.74, 6) is 0. The molecule has 0 saturated carbocycles. The zero-order chi connectivity index (χ0) is 10.1. The summed E-state index contributed by atoms with van der Waals surface area (Å²) in [7, 11) is 0. The van der Waals surface area contributed by atoms with Crippen LogP contribution >= 0.6 is 0 Å². The molecule has 0 amide bonds. The maximum absolute atomic E-state index is 5.49. The molecule has 1 heteroatoms. The molecule has 1 atom stereocenters. The molecular formula is C13H24O. The van der Waals surface area contributed by atoms with Gasteiger partial charge in [0.2, 0.25) is 0 Å². The number of unbranched alkanes of at least 4 members (excludes halogenated alkanes) is 6. The molecule has 0 radical (unpaired) electrons. The molecule has 1 heterocycles. The third-order valence-corrected chi connectivity index (χ3v) is 2.85. The van der Waals surface area contributed by atoms with Crippen LogP contribution in [0.4, 0.5) is 0 Å². The van der Waals surface area contributed by atoms with E-state index in [0.717, 1.165) is 6.61 Å². The van der Waals surface area contributed by atoms with Crippen molar-refractivity contribution in [1.82, 2.24) is 0 Å². The summed E-state index contributed by atoms with van der Waals surface area (Å²) in [5, 5.41) is 0. The second-order valence-electron chi connectivity index (χ2n) is 4.21. The van der Waals surface area contributed by atoms with Gasteiger partial charge in [0.15, 0.2) is 0 Å². The van der Waals surface area contributed by atoms with Crippen molar-refractivity contribution in [2.75, 3.05) is 6.61 Å². The Kier molecular flexibility index (Phi) is 6.77. The van der Waals surface area contributed by atoms with E-state index in [4.69, 9.17) is 4.74 Å². The fraction of sp³-hybridized carbons (Fsp3) is 0.846. The molecule has 0 aromatic rings. The van der Waals surface area contributed by atoms with Gasteiger partial charge in [-0.2, -0.15) is 0 Å². The smallest absolute Gasteiger partial charge is 0.0760 e. The van der Waals surface area contributed by atoms with Gasteiger partial charge in [0.25, 0.3) is 0 Å². The molecule has 1 rings (SSSR count). The van der Waals surface area contributed by atoms with Crippen molar-refractivity contribution in [2.24, 2.45) is 0 Å². The summed E-state index contributed by atoms with van der Waals surface area (Å²) in [6, 6.07) is 0. The number of ether oxygens (including phenoxy) is 1. The van der Waals surface area contributed by atoms with Crippen LogP contribution in [0.2, 0.25) is 0 Å². The maximum Gasteiger partial charge on any atom is 0.0760 e. The molecule has 14 heavy (non-hydrogen) atoms. The van der Waals surface area contributed by atoms with Crippen LogP contribution in [0.25, 0.3) is 0 Å². The van der Waals surface area contributed by atoms with Crippen molar-refractivity contribution in [2.45, 2.75) is 64.4 Å². The van der Waals surface area contributed by atoms with Crippen LogP contribution < -0.4 is 0 Å². The first kappa shape index (κ1) is 11.8. The first-order chi connectivity index (χ1) is 6.93. The number of rotatable bonds is 8. The van der Waals surface area contributed by atoms with Gasteiger partial charge < -0.3 is 4.74 Å². The van der Waals surface area contributed by atoms with E-state index in [2.05, 4.69) is 19.1 Å². The molecule has 0 N–H and O–H groups in total. The molecule has 1 aliphatic heterocycles. The Morgan fingerprint density at radius 1 is 1.07 bits per heavy atom. The molecule has 1 unspecified atom stereocenters. The topological polar surface area (TPSA) is 9.23 Å². The minimum Gasteiger partial charge on any atom is -0.370 e. The van der Waals surface area contributed by atoms with Gasteiger partial charge in [0.1, 0.15) is 0 Å². The molecule has 1 aliphatic rings. The molecule has 82 valence electrons. The maximum atomic E-state index is 5.49. The van der Waals surface area contributed by atoms with E-state index < -0.39 is 0 Å². The van der Waals surface area contributed by atoms with Crippen LogP contribution in [-0.2, 0) is 4.74 Å². The fourth-order valence-corrected chi connectivity index (χ4v) is 1.92. The van der Waals surface area contributed by atoms with Crippen LogP contribution in [0, 0.1) is 0 Å². The van der Waals surface area contributed by atoms with Gasteiger partial charge >= 0.3 is 0 Å². The Hall–Kier alpha value is -0.300. The van der Waals surface area contributed by atoms with Crippen LogP contribution in [0.3, 0.4) is 0 Å². The van der Waals surface area contributed by atoms with Crippen LogP contribution in [0.15, 0.2) is 12.2 Å². The van der Waals surface area contributed by atoms with Gasteiger partial charge in [-0.3, -0.25) is 0 Å². The Morgan fingerprint density at radius 3 is 2.43 bits per heavy atom. The molecular weight excluding hydrogens is 172 g/mol. The van der Waals surface area contributed by atoms with Gasteiger partial charge in [0.05, 0.1) is 12.7 Å². The van der Waals surface area contributed by atoms with E-state index in [0.29, 0.717) is 6.10 Å². The second kappa shape index (κ2) is 8.05. The highest BCUT2D eigenvalue weighted by Gasteiger charge is 2.07. The largest absolute Gasteiger partial charge is 0.370 e. The van der Waals surface area contributed by atoms with Gasteiger partial charge in [-0.25, -0.2) is 0 Å². The normalized spacial score (nSPS) is 20.5. The summed E-state index contributed by atoms with van der Waals surface area (Å²) in [6.45, 7) is 3.10. The van der Waals surface area contributed by atoms with E-state index in [1.54, 1.807) is 0 Å². The summed E-state index contributed by atoms with van der Waals surface area (Å²) in [4.78, 5) is 0. The van der Waals surface area contributed by atoms with Gasteiger partial charge in [-0.15, -0.1) is 0 Å². The summed E-state index contributed by atoms with van der Waals surface area (Å²) in [6.07, 6.45) is 15.7. The van der Waals surface area contributed by atoms with E-state index in [1.807, 2.05) is 0 Å². The second-order valence-corrected chi connectivity index (χ2v) is 4.21. The minimum atomic E-state index is 0.436. The third kappa shape index (κ3) is 5.43. The molecule has 0 saturated heterocycles. The highest BCUT2D eigenvalue weighted by molar-refractivity contribution is 4.95. The molecule has 0 aliphatic carbocycles. The van der Waals surface area contributed by atoms with Crippen molar-refractivity contribution < 1.29 is 4.74 Å². The first-order valence-electron chi connectivity index (χ1n) is 6.21. The Bertz CT molecular complexity index is 151. The van der Waals surface area contributed by atoms with Crippen molar-refractivity contribution in [3.63, 3.8) is 0 Å². The van der Waals surface area contributed by atoms with Crippen LogP contribution in [0.1, 0.15) is 58.3 Å². The summed E-state index contributed by atoms with van der Waals surface area (Å²) in [5.41, 5.74) is 0. The molecule has 1 nitrogen and oxygen atoms in total. The van der Waals surface area contributed by atoms with E-state index in [-0.39, 0.29) is 0 Å². The standard InChI is InChI=1S/C13H24O/c1-2-3-4-5-6-7-8-10-13-11-9-12-14-13/h9,11,13H,2-8,10,12H2,1H3. The van der Waals surface area contributed by atoms with Gasteiger partial charge in [-0.1, -0.05) is 64.0 Å². The average Bonchev–Trinajstić information content (AvgIpc) is 2.69. The monoisotopic (exact) mass is 196 g/mol. The molecule has 0 aromatic carbocycles. The van der Waals surface area contributed by atoms with E-state index >= 15 is 0 Å². The highest BCUT2D eigenvalue weighted by atomic mass is 16.5. The van der Waals surface area contributed by atoms with Crippen molar-refractivity contribution in [3.8, 4) is 0 Å². The molecule has 0 aromatic heterocycles. The average molecular weight is 196 g/mol. The third-order valence-electron chi connectivity index (χ3n) is 2.85. The Labute approximate surface area is 88.5 Å². The summed E-state index contributed by atoms with van der Waals surface area (Å²) < 4.78 is 5.49. The lowest BCUT2D eigenvalue weighted by atomic mass is 10.1. The lowest BCUT2D eigenvalue weighted by Gasteiger charge is -2.07. The van der Waals surface area contributed by atoms with Crippen LogP contribution in [0.5, 0.6) is 0 Å². The molecule has 0 fully saturated rings. The lowest BCUT2D eigenvalue weighted by Crippen LogP contribution is -2.03. The fourth-order valence-electron chi connectivity index (χ4n) is 1.92. The molecule has 0 spiro atoms. The van der Waals surface area contributed by atoms with Crippen molar-refractivity contribution in [1.29, 1.82) is 0 Å². The Morgan fingerprint density at radius 2 is 1.79 bits per heavy atom. The van der Waals surface area contributed by atoms with Crippen LogP contribution in [-0.4, -0.2) is 12.7 Å². The minimum absolute atomic E-state index is 0.436. The first-order valence-corrected chi connectivity index (χ1v) is 6.21. The number of hydrogen-bond acceptors (Lipinski definition) is 1. The summed E-state index contributed by atoms with van der Waals surface area (Å²) >= 11 is 0. The predicted octanol–water partition coefficient (Wildman–Crippen LogP) is 4.08. The SMILES string of the molecule is CCCCCCCCCC1C=CCO1. The molecule has 0 bridgehead atoms. The lowest BCUT2D eigenvalue weighted by molar-refractivity contribution is 0.119. The van der Waals surface area contributed by atoms with E-state index in [1.165, 1.54) is 51.4 Å². The van der Waals surface area contributed by atoms with Crippen molar-refractivity contribution in [3.05, 3.63) is 12.2 Å². The van der Waals surface area contributed by atoms with Crippen molar-refractivity contribution >= 4 is 0 Å². The Balaban J connectivity index is 1.77. The van der Waals surface area contributed by atoms with E-state index in [9.17, 15) is 0 Å². The predicted molar refractivity (Wildman–Crippen MR) is 61.5 cm³/mol. The number of hydrogen-bond donors (Lipinski definition) is 0. The van der Waals surface area contributed by atoms with Gasteiger partial charge in [-0.05, 0) is 6.42 Å². The highest BCUT2D eigenvalue weighted by Crippen LogP contribution is 2.14. The van der Waals surface area contributed by atoms with Gasteiger partial charge in [0, 0.05) is 0 Å². The quantitative estimate of drug-likeness (QED) is 0.420. The zero-order valence-corrected chi connectivity index (χ0v) is 9.50. The zero-order valence-electron chi connectivity index (χ0n) is 9.50.